The highest BCUT2D eigenvalue weighted by Gasteiger charge is 2.24. The molecule has 1 saturated carbocycles. The number of nitrogens with one attached hydrogen (secondary N) is 2. The minimum atomic E-state index is -0.153. The van der Waals surface area contributed by atoms with Crippen molar-refractivity contribution < 1.29 is 9.59 Å². The van der Waals surface area contributed by atoms with Crippen LogP contribution in [-0.4, -0.2) is 18.4 Å². The van der Waals surface area contributed by atoms with Crippen LogP contribution >= 0.6 is 0 Å². The summed E-state index contributed by atoms with van der Waals surface area (Å²) in [6.07, 6.45) is 4.95. The normalized spacial score (nSPS) is 19.3. The smallest absolute Gasteiger partial charge is 0.239 e. The minimum absolute atomic E-state index is 0.0203. The summed E-state index contributed by atoms with van der Waals surface area (Å²) in [6, 6.07) is 20.4. The lowest BCUT2D eigenvalue weighted by atomic mass is 9.77. The van der Waals surface area contributed by atoms with Gasteiger partial charge in [-0.1, -0.05) is 60.7 Å². The molecule has 1 aliphatic carbocycles. The maximum atomic E-state index is 12.2. The van der Waals surface area contributed by atoms with Gasteiger partial charge in [-0.25, -0.2) is 0 Å². The molecule has 142 valence electrons. The van der Waals surface area contributed by atoms with Crippen molar-refractivity contribution in [3.8, 4) is 0 Å². The van der Waals surface area contributed by atoms with Gasteiger partial charge < -0.3 is 10.6 Å². The number of carbonyl (C=O) groups is 2. The lowest BCUT2D eigenvalue weighted by molar-refractivity contribution is -0.126. The van der Waals surface area contributed by atoms with Crippen LogP contribution in [0.4, 0.5) is 0 Å². The van der Waals surface area contributed by atoms with E-state index >= 15 is 0 Å². The Labute approximate surface area is 161 Å². The second-order valence-electron chi connectivity index (χ2n) is 7.37. The topological polar surface area (TPSA) is 58.2 Å². The maximum absolute atomic E-state index is 12.2. The molecule has 4 nitrogen and oxygen atoms in total. The zero-order valence-corrected chi connectivity index (χ0v) is 15.7. The molecule has 0 radical (unpaired) electrons. The van der Waals surface area contributed by atoms with E-state index in [9.17, 15) is 9.59 Å². The molecule has 2 amide bonds. The molecule has 2 N–H and O–H groups in total. The highest BCUT2D eigenvalue weighted by atomic mass is 16.2. The van der Waals surface area contributed by atoms with Gasteiger partial charge in [0.1, 0.15) is 0 Å². The van der Waals surface area contributed by atoms with Crippen LogP contribution in [0.5, 0.6) is 0 Å². The molecule has 0 atom stereocenters. The van der Waals surface area contributed by atoms with Crippen LogP contribution in [0.2, 0.25) is 0 Å². The Bertz CT molecular complexity index is 723. The number of hydrogen-bond acceptors (Lipinski definition) is 2. The van der Waals surface area contributed by atoms with Gasteiger partial charge in [-0.15, -0.1) is 0 Å². The second-order valence-corrected chi connectivity index (χ2v) is 7.37. The highest BCUT2D eigenvalue weighted by Crippen LogP contribution is 2.36. The van der Waals surface area contributed by atoms with Crippen LogP contribution in [0.1, 0.15) is 49.1 Å². The second kappa shape index (κ2) is 9.91. The Morgan fingerprint density at radius 2 is 1.41 bits per heavy atom. The molecule has 2 aromatic rings. The van der Waals surface area contributed by atoms with E-state index < -0.39 is 0 Å². The first-order chi connectivity index (χ1) is 13.2. The Morgan fingerprint density at radius 3 is 2.07 bits per heavy atom. The van der Waals surface area contributed by atoms with Crippen molar-refractivity contribution in [2.75, 3.05) is 6.54 Å². The predicted octanol–water partition coefficient (Wildman–Crippen LogP) is 3.78. The standard InChI is InChI=1S/C23H28N2O2/c26-22(25-17-23(27)24-16-19-7-3-1-4-8-19)15-18-11-13-21(14-12-18)20-9-5-2-6-10-20/h1-10,18,21H,11-17H2,(H,24,27)(H,25,26). The molecule has 1 fully saturated rings. The van der Waals surface area contributed by atoms with E-state index in [1.54, 1.807) is 0 Å². The molecule has 1 aliphatic rings. The van der Waals surface area contributed by atoms with Crippen LogP contribution in [0.25, 0.3) is 0 Å². The summed E-state index contributed by atoms with van der Waals surface area (Å²) in [5.74, 6) is 0.875. The Hall–Kier alpha value is -2.62. The monoisotopic (exact) mass is 364 g/mol. The molecule has 0 saturated heterocycles. The van der Waals surface area contributed by atoms with Crippen molar-refractivity contribution in [1.82, 2.24) is 10.6 Å². The fraction of sp³-hybridized carbons (Fsp3) is 0.391. The fourth-order valence-electron chi connectivity index (χ4n) is 3.80. The summed E-state index contributed by atoms with van der Waals surface area (Å²) in [5, 5.41) is 5.59. The summed E-state index contributed by atoms with van der Waals surface area (Å²) in [5.41, 5.74) is 2.46. The minimum Gasteiger partial charge on any atom is -0.350 e. The first-order valence-electron chi connectivity index (χ1n) is 9.83. The number of amides is 2. The molecule has 0 unspecified atom stereocenters. The largest absolute Gasteiger partial charge is 0.350 e. The summed E-state index contributed by atoms with van der Waals surface area (Å²) < 4.78 is 0. The molecule has 27 heavy (non-hydrogen) atoms. The molecule has 4 heteroatoms. The van der Waals surface area contributed by atoms with Crippen LogP contribution in [-0.2, 0) is 16.1 Å². The van der Waals surface area contributed by atoms with Crippen molar-refractivity contribution in [3.05, 3.63) is 71.8 Å². The van der Waals surface area contributed by atoms with Crippen molar-refractivity contribution in [3.63, 3.8) is 0 Å². The van der Waals surface area contributed by atoms with Gasteiger partial charge in [0.25, 0.3) is 0 Å². The number of hydrogen-bond donors (Lipinski definition) is 2. The van der Waals surface area contributed by atoms with Gasteiger partial charge >= 0.3 is 0 Å². The van der Waals surface area contributed by atoms with Gasteiger partial charge in [-0.3, -0.25) is 9.59 Å². The van der Waals surface area contributed by atoms with Crippen LogP contribution < -0.4 is 10.6 Å². The highest BCUT2D eigenvalue weighted by molar-refractivity contribution is 5.84. The van der Waals surface area contributed by atoms with Gasteiger partial charge in [-0.05, 0) is 48.6 Å². The van der Waals surface area contributed by atoms with Crippen LogP contribution in [0.15, 0.2) is 60.7 Å². The van der Waals surface area contributed by atoms with Crippen molar-refractivity contribution in [2.45, 2.75) is 44.6 Å². The molecule has 0 aliphatic heterocycles. The zero-order chi connectivity index (χ0) is 18.9. The third-order valence-corrected chi connectivity index (χ3v) is 5.37. The number of carbonyl (C=O) groups excluding carboxylic acids is 2. The van der Waals surface area contributed by atoms with Crippen molar-refractivity contribution in [2.24, 2.45) is 5.92 Å². The Kier molecular flexibility index (Phi) is 7.03. The van der Waals surface area contributed by atoms with Crippen molar-refractivity contribution in [1.29, 1.82) is 0 Å². The summed E-state index contributed by atoms with van der Waals surface area (Å²) in [7, 11) is 0. The molecular weight excluding hydrogens is 336 g/mol. The molecule has 0 aromatic heterocycles. The first kappa shape index (κ1) is 19.2. The molecule has 3 rings (SSSR count). The molecule has 0 bridgehead atoms. The van der Waals surface area contributed by atoms with E-state index in [-0.39, 0.29) is 18.4 Å². The maximum Gasteiger partial charge on any atom is 0.239 e. The fourth-order valence-corrected chi connectivity index (χ4v) is 3.80. The van der Waals surface area contributed by atoms with Gasteiger partial charge in [0.2, 0.25) is 11.8 Å². The zero-order valence-electron chi connectivity index (χ0n) is 15.7. The lowest BCUT2D eigenvalue weighted by Crippen LogP contribution is -2.37. The Balaban J connectivity index is 1.32. The van der Waals surface area contributed by atoms with E-state index in [1.807, 2.05) is 30.3 Å². The van der Waals surface area contributed by atoms with E-state index in [0.717, 1.165) is 31.2 Å². The summed E-state index contributed by atoms with van der Waals surface area (Å²) in [6.45, 7) is 0.532. The number of benzene rings is 2. The molecular formula is C23H28N2O2. The van der Waals surface area contributed by atoms with E-state index in [0.29, 0.717) is 24.8 Å². The molecule has 0 heterocycles. The third-order valence-electron chi connectivity index (χ3n) is 5.37. The van der Waals surface area contributed by atoms with Gasteiger partial charge in [-0.2, -0.15) is 0 Å². The SMILES string of the molecule is O=C(CNC(=O)CC1CCC(c2ccccc2)CC1)NCc1ccccc1. The third kappa shape index (κ3) is 6.24. The quantitative estimate of drug-likeness (QED) is 0.785. The summed E-state index contributed by atoms with van der Waals surface area (Å²) >= 11 is 0. The van der Waals surface area contributed by atoms with Gasteiger partial charge in [0.15, 0.2) is 0 Å². The van der Waals surface area contributed by atoms with E-state index in [2.05, 4.69) is 41.0 Å². The molecule has 2 aromatic carbocycles. The average Bonchev–Trinajstić information content (AvgIpc) is 2.73. The predicted molar refractivity (Wildman–Crippen MR) is 107 cm³/mol. The van der Waals surface area contributed by atoms with Crippen LogP contribution in [0.3, 0.4) is 0 Å². The van der Waals surface area contributed by atoms with Crippen molar-refractivity contribution >= 4 is 11.8 Å². The lowest BCUT2D eigenvalue weighted by Gasteiger charge is -2.28. The van der Waals surface area contributed by atoms with Gasteiger partial charge in [0, 0.05) is 13.0 Å². The summed E-state index contributed by atoms with van der Waals surface area (Å²) in [4.78, 5) is 24.0. The molecule has 0 spiro atoms. The number of rotatable bonds is 7. The first-order valence-corrected chi connectivity index (χ1v) is 9.83. The van der Waals surface area contributed by atoms with Gasteiger partial charge in [0.05, 0.1) is 6.54 Å². The average molecular weight is 364 g/mol. The Morgan fingerprint density at radius 1 is 0.778 bits per heavy atom. The van der Waals surface area contributed by atoms with Crippen LogP contribution in [0, 0.1) is 5.92 Å². The van der Waals surface area contributed by atoms with E-state index in [1.165, 1.54) is 5.56 Å². The van der Waals surface area contributed by atoms with E-state index in [4.69, 9.17) is 0 Å².